The first-order chi connectivity index (χ1) is 34.2. The summed E-state index contributed by atoms with van der Waals surface area (Å²) in [6.07, 6.45) is 1.88. The molecule has 5 aromatic heterocycles. The molecule has 0 saturated carbocycles. The van der Waals surface area contributed by atoms with Gasteiger partial charge in [0.1, 0.15) is 27.8 Å². The van der Waals surface area contributed by atoms with Crippen molar-refractivity contribution in [3.63, 3.8) is 0 Å². The van der Waals surface area contributed by atoms with E-state index in [1.54, 1.807) is 0 Å². The molecule has 0 amide bonds. The summed E-state index contributed by atoms with van der Waals surface area (Å²) in [6, 6.07) is 69.2. The van der Waals surface area contributed by atoms with Gasteiger partial charge in [-0.05, 0) is 70.1 Å². The Kier molecular flexibility index (Phi) is 7.87. The lowest BCUT2D eigenvalue weighted by Gasteiger charge is -2.28. The van der Waals surface area contributed by atoms with Crippen molar-refractivity contribution in [1.82, 2.24) is 20.2 Å². The average molecular weight is 887 g/mol. The third kappa shape index (κ3) is 5.71. The number of fused-ring (bicyclic) bond motifs is 13. The molecule has 5 heterocycles. The van der Waals surface area contributed by atoms with E-state index in [9.17, 15) is 0 Å². The van der Waals surface area contributed by atoms with Gasteiger partial charge in [-0.3, -0.25) is 4.90 Å². The second kappa shape index (κ2) is 14.4. The molecule has 0 atom stereocenters. The molecule has 0 saturated heterocycles. The van der Waals surface area contributed by atoms with Gasteiger partial charge in [-0.25, -0.2) is 4.98 Å². The van der Waals surface area contributed by atoms with Crippen molar-refractivity contribution in [3.8, 4) is 0 Å². The normalized spacial score (nSPS) is 12.1. The zero-order valence-corrected chi connectivity index (χ0v) is 36.5. The third-order valence-corrected chi connectivity index (χ3v) is 13.5. The van der Waals surface area contributed by atoms with Crippen LogP contribution in [0.25, 0.3) is 109 Å². The summed E-state index contributed by atoms with van der Waals surface area (Å²) in [7, 11) is 0. The monoisotopic (exact) mass is 886 g/mol. The second-order valence-electron chi connectivity index (χ2n) is 17.5. The molecule has 69 heavy (non-hydrogen) atoms. The molecule has 0 N–H and O–H groups in total. The molecule has 0 radical (unpaired) electrons. The van der Waals surface area contributed by atoms with E-state index in [-0.39, 0.29) is 0 Å². The molecule has 9 nitrogen and oxygen atoms in total. The van der Waals surface area contributed by atoms with E-state index < -0.39 is 0 Å². The first kappa shape index (κ1) is 37.6. The zero-order chi connectivity index (χ0) is 45.2. The van der Waals surface area contributed by atoms with Crippen LogP contribution in [0.1, 0.15) is 0 Å². The molecule has 0 aliphatic carbocycles. The number of pyridine rings is 1. The Morgan fingerprint density at radius 3 is 1.29 bits per heavy atom. The Morgan fingerprint density at radius 1 is 0.319 bits per heavy atom. The van der Waals surface area contributed by atoms with Crippen LogP contribution in [-0.4, -0.2) is 20.2 Å². The highest BCUT2D eigenvalue weighted by atomic mass is 16.3. The van der Waals surface area contributed by atoms with Crippen molar-refractivity contribution in [1.29, 1.82) is 0 Å². The molecule has 0 aliphatic heterocycles. The number of para-hydroxylation sites is 2. The van der Waals surface area contributed by atoms with Crippen LogP contribution in [0, 0.1) is 0 Å². The first-order valence-corrected chi connectivity index (χ1v) is 22.9. The summed E-state index contributed by atoms with van der Waals surface area (Å²) < 4.78 is 19.7. The SMILES string of the molecule is c1ccc2c(N(c3ccc4c(c3)oc3ccccc34)c3cnc4c(c3)oc3nc(N(c5ccc6c(c5)oc5ccccc56)c5c6ccccc6cc6ccccc56)nnc34)c3ccccc3cc2c1. The van der Waals surface area contributed by atoms with Crippen LogP contribution < -0.4 is 9.80 Å². The van der Waals surface area contributed by atoms with Gasteiger partial charge in [-0.15, -0.1) is 10.2 Å². The van der Waals surface area contributed by atoms with Crippen molar-refractivity contribution >= 4 is 144 Å². The molecule has 15 aromatic rings. The van der Waals surface area contributed by atoms with Crippen LogP contribution >= 0.6 is 0 Å². The number of benzene rings is 10. The highest BCUT2D eigenvalue weighted by Gasteiger charge is 2.26. The maximum atomic E-state index is 6.78. The molecule has 0 aliphatic rings. The molecule has 9 heteroatoms. The molecule has 0 fully saturated rings. The zero-order valence-electron chi connectivity index (χ0n) is 36.5. The fraction of sp³-hybridized carbons (Fsp3) is 0. The third-order valence-electron chi connectivity index (χ3n) is 13.5. The summed E-state index contributed by atoms with van der Waals surface area (Å²) in [5.41, 5.74) is 9.47. The second-order valence-corrected chi connectivity index (χ2v) is 17.5. The van der Waals surface area contributed by atoms with Crippen LogP contribution in [0.15, 0.2) is 220 Å². The molecule has 322 valence electrons. The lowest BCUT2D eigenvalue weighted by molar-refractivity contribution is 0.650. The maximum absolute atomic E-state index is 6.78. The highest BCUT2D eigenvalue weighted by Crippen LogP contribution is 2.47. The van der Waals surface area contributed by atoms with Crippen molar-refractivity contribution < 1.29 is 13.3 Å². The average Bonchev–Trinajstić information content (AvgIpc) is 4.09. The molecule has 15 rings (SSSR count). The van der Waals surface area contributed by atoms with Crippen LogP contribution in [0.4, 0.5) is 34.4 Å². The van der Waals surface area contributed by atoms with Crippen molar-refractivity contribution in [3.05, 3.63) is 206 Å². The molecule has 0 bridgehead atoms. The van der Waals surface area contributed by atoms with E-state index in [4.69, 9.17) is 33.4 Å². The minimum absolute atomic E-state index is 0.310. The van der Waals surface area contributed by atoms with Crippen molar-refractivity contribution in [2.75, 3.05) is 9.80 Å². The fourth-order valence-corrected chi connectivity index (χ4v) is 10.5. The lowest BCUT2D eigenvalue weighted by atomic mass is 9.99. The van der Waals surface area contributed by atoms with E-state index in [2.05, 4.69) is 168 Å². The summed E-state index contributed by atoms with van der Waals surface area (Å²) in [5.74, 6) is 0.335. The van der Waals surface area contributed by atoms with E-state index in [0.29, 0.717) is 28.3 Å². The van der Waals surface area contributed by atoms with Gasteiger partial charge < -0.3 is 18.2 Å². The van der Waals surface area contributed by atoms with Gasteiger partial charge in [-0.1, -0.05) is 133 Å². The van der Waals surface area contributed by atoms with Crippen LogP contribution in [0.5, 0.6) is 0 Å². The fourth-order valence-electron chi connectivity index (χ4n) is 10.5. The predicted molar refractivity (Wildman–Crippen MR) is 279 cm³/mol. The molecular weight excluding hydrogens is 853 g/mol. The smallest absolute Gasteiger partial charge is 0.257 e. The Bertz CT molecular complexity index is 4210. The maximum Gasteiger partial charge on any atom is 0.257 e. The van der Waals surface area contributed by atoms with Gasteiger partial charge in [0.25, 0.3) is 11.7 Å². The van der Waals surface area contributed by atoms with Crippen molar-refractivity contribution in [2.24, 2.45) is 0 Å². The number of nitrogens with zero attached hydrogens (tertiary/aromatic N) is 6. The Labute approximate surface area is 391 Å². The Morgan fingerprint density at radius 2 is 0.754 bits per heavy atom. The van der Waals surface area contributed by atoms with E-state index in [1.807, 2.05) is 48.7 Å². The number of rotatable bonds is 6. The van der Waals surface area contributed by atoms with Crippen LogP contribution in [-0.2, 0) is 0 Å². The summed E-state index contributed by atoms with van der Waals surface area (Å²) in [5, 5.41) is 22.6. The lowest BCUT2D eigenvalue weighted by Crippen LogP contribution is -2.15. The molecule has 10 aromatic carbocycles. The quantitative estimate of drug-likeness (QED) is 0.151. The largest absolute Gasteiger partial charge is 0.456 e. The predicted octanol–water partition coefficient (Wildman–Crippen LogP) is 16.5. The summed E-state index contributed by atoms with van der Waals surface area (Å²) in [6.45, 7) is 0. The topological polar surface area (TPSA) is 97.5 Å². The van der Waals surface area contributed by atoms with E-state index in [1.165, 1.54) is 0 Å². The molecule has 0 unspecified atom stereocenters. The van der Waals surface area contributed by atoms with Crippen LogP contribution in [0.2, 0.25) is 0 Å². The first-order valence-electron chi connectivity index (χ1n) is 22.9. The molecular formula is C60H34N6O3. The van der Waals surface area contributed by atoms with E-state index in [0.717, 1.165) is 115 Å². The molecule has 0 spiro atoms. The van der Waals surface area contributed by atoms with Gasteiger partial charge >= 0.3 is 0 Å². The number of hydrogen-bond acceptors (Lipinski definition) is 9. The van der Waals surface area contributed by atoms with Crippen LogP contribution in [0.3, 0.4) is 0 Å². The van der Waals surface area contributed by atoms with Gasteiger partial charge in [0.2, 0.25) is 0 Å². The minimum atomic E-state index is 0.310. The Hall–Kier alpha value is -9.60. The number of anilines is 6. The summed E-state index contributed by atoms with van der Waals surface area (Å²) in [4.78, 5) is 14.6. The number of hydrogen-bond donors (Lipinski definition) is 0. The standard InChI is InChI=1S/C60H34N6O3/c1-5-17-42-35(13-1)29-36-14-2-6-18-43(36)57(42)65(39-25-27-48-46-21-9-11-23-50(46)67-52(48)31-39)41-33-54-55(61-34-41)56-59(69-54)62-60(64-63-56)66(40-26-28-49-47-22-10-12-24-51(47)68-53(49)32-40)58-44-19-7-3-15-37(44)30-38-16-4-8-20-45(38)58/h1-34H. The van der Waals surface area contributed by atoms with Gasteiger partial charge in [0.15, 0.2) is 11.1 Å². The number of furan rings is 3. The Balaban J connectivity index is 0.949. The van der Waals surface area contributed by atoms with Gasteiger partial charge in [0, 0.05) is 67.0 Å². The summed E-state index contributed by atoms with van der Waals surface area (Å²) >= 11 is 0. The number of aromatic nitrogens is 4. The van der Waals surface area contributed by atoms with E-state index >= 15 is 0 Å². The minimum Gasteiger partial charge on any atom is -0.456 e. The van der Waals surface area contributed by atoms with Crippen molar-refractivity contribution in [2.45, 2.75) is 0 Å². The van der Waals surface area contributed by atoms with Gasteiger partial charge in [-0.2, -0.15) is 4.98 Å². The highest BCUT2D eigenvalue weighted by molar-refractivity contribution is 6.17. The van der Waals surface area contributed by atoms with Gasteiger partial charge in [0.05, 0.1) is 28.9 Å².